The van der Waals surface area contributed by atoms with Gasteiger partial charge < -0.3 is 10.2 Å². The minimum atomic E-state index is -0.321. The van der Waals surface area contributed by atoms with E-state index in [0.29, 0.717) is 12.5 Å². The average Bonchev–Trinajstić information content (AvgIpc) is 3.04. The van der Waals surface area contributed by atoms with E-state index in [1.807, 2.05) is 48.5 Å². The topological polar surface area (TPSA) is 49.4 Å². The number of aryl methyl sites for hydroxylation is 1. The van der Waals surface area contributed by atoms with E-state index in [4.69, 9.17) is 0 Å². The number of rotatable bonds is 5. The van der Waals surface area contributed by atoms with Gasteiger partial charge in [-0.3, -0.25) is 9.59 Å². The standard InChI is InChI=1S/C22H26N2O2/c1-4-16-5-11-20(12-6-16)24-14-18(13-21(24)25)22(26)23-19-9-7-17(8-10-19)15(2)3/h5-12,15,18H,4,13-14H2,1-3H3,(H,23,26)/t18-/m0/s1. The highest BCUT2D eigenvalue weighted by atomic mass is 16.2. The number of nitrogens with one attached hydrogen (secondary N) is 1. The summed E-state index contributed by atoms with van der Waals surface area (Å²) in [6.45, 7) is 6.81. The molecular formula is C22H26N2O2. The molecule has 0 aromatic heterocycles. The van der Waals surface area contributed by atoms with Gasteiger partial charge in [0.1, 0.15) is 0 Å². The Morgan fingerprint density at radius 1 is 1.12 bits per heavy atom. The first-order valence-corrected chi connectivity index (χ1v) is 9.28. The highest BCUT2D eigenvalue weighted by Gasteiger charge is 2.35. The van der Waals surface area contributed by atoms with Crippen LogP contribution in [0.2, 0.25) is 0 Å². The van der Waals surface area contributed by atoms with Crippen LogP contribution < -0.4 is 10.2 Å². The summed E-state index contributed by atoms with van der Waals surface area (Å²) in [5, 5.41) is 2.94. The third-order valence-corrected chi connectivity index (χ3v) is 5.00. The maximum absolute atomic E-state index is 12.6. The van der Waals surface area contributed by atoms with Crippen molar-refractivity contribution < 1.29 is 9.59 Å². The lowest BCUT2D eigenvalue weighted by atomic mass is 10.0. The molecule has 1 saturated heterocycles. The van der Waals surface area contributed by atoms with E-state index in [1.54, 1.807) is 4.90 Å². The van der Waals surface area contributed by atoms with Gasteiger partial charge in [0.25, 0.3) is 0 Å². The van der Waals surface area contributed by atoms with Gasteiger partial charge in [-0.05, 0) is 47.7 Å². The minimum absolute atomic E-state index is 0.00422. The number of nitrogens with zero attached hydrogens (tertiary/aromatic N) is 1. The molecule has 1 atom stereocenters. The Bertz CT molecular complexity index is 779. The van der Waals surface area contributed by atoms with Gasteiger partial charge in [-0.25, -0.2) is 0 Å². The third-order valence-electron chi connectivity index (χ3n) is 5.00. The van der Waals surface area contributed by atoms with E-state index in [1.165, 1.54) is 11.1 Å². The molecule has 4 nitrogen and oxygen atoms in total. The Hall–Kier alpha value is -2.62. The van der Waals surface area contributed by atoms with Crippen molar-refractivity contribution in [3.05, 3.63) is 59.7 Å². The molecule has 3 rings (SSSR count). The van der Waals surface area contributed by atoms with Crippen LogP contribution in [0.15, 0.2) is 48.5 Å². The predicted octanol–water partition coefficient (Wildman–Crippen LogP) is 4.36. The lowest BCUT2D eigenvalue weighted by Gasteiger charge is -2.17. The second-order valence-corrected chi connectivity index (χ2v) is 7.19. The normalized spacial score (nSPS) is 17.0. The molecule has 0 radical (unpaired) electrons. The van der Waals surface area contributed by atoms with Crippen LogP contribution in [0.3, 0.4) is 0 Å². The number of benzene rings is 2. The summed E-state index contributed by atoms with van der Waals surface area (Å²) in [4.78, 5) is 26.6. The number of carbonyl (C=O) groups excluding carboxylic acids is 2. The number of anilines is 2. The Morgan fingerprint density at radius 3 is 2.35 bits per heavy atom. The molecule has 0 aliphatic carbocycles. The van der Waals surface area contributed by atoms with Crippen LogP contribution in [0.1, 0.15) is 44.2 Å². The Morgan fingerprint density at radius 2 is 1.77 bits per heavy atom. The zero-order chi connectivity index (χ0) is 18.7. The lowest BCUT2D eigenvalue weighted by molar-refractivity contribution is -0.122. The second-order valence-electron chi connectivity index (χ2n) is 7.19. The Balaban J connectivity index is 1.64. The van der Waals surface area contributed by atoms with Gasteiger partial charge in [-0.1, -0.05) is 45.0 Å². The smallest absolute Gasteiger partial charge is 0.229 e. The highest BCUT2D eigenvalue weighted by molar-refractivity contribution is 6.03. The van der Waals surface area contributed by atoms with Gasteiger partial charge in [0.15, 0.2) is 0 Å². The molecule has 0 saturated carbocycles. The maximum atomic E-state index is 12.6. The molecule has 1 heterocycles. The van der Waals surface area contributed by atoms with Crippen LogP contribution in [-0.4, -0.2) is 18.4 Å². The van der Waals surface area contributed by atoms with E-state index >= 15 is 0 Å². The molecule has 2 aromatic rings. The fraction of sp³-hybridized carbons (Fsp3) is 0.364. The monoisotopic (exact) mass is 350 g/mol. The first-order chi connectivity index (χ1) is 12.5. The minimum Gasteiger partial charge on any atom is -0.326 e. The molecule has 0 bridgehead atoms. The van der Waals surface area contributed by atoms with Crippen LogP contribution in [0, 0.1) is 5.92 Å². The summed E-state index contributed by atoms with van der Waals surface area (Å²) < 4.78 is 0. The van der Waals surface area contributed by atoms with Crippen LogP contribution in [0.5, 0.6) is 0 Å². The summed E-state index contributed by atoms with van der Waals surface area (Å²) in [6, 6.07) is 15.9. The number of amides is 2. The predicted molar refractivity (Wildman–Crippen MR) is 105 cm³/mol. The van der Waals surface area contributed by atoms with Crippen molar-refractivity contribution in [2.45, 2.75) is 39.5 Å². The van der Waals surface area contributed by atoms with Crippen molar-refractivity contribution in [3.63, 3.8) is 0 Å². The molecule has 1 N–H and O–H groups in total. The van der Waals surface area contributed by atoms with Crippen LogP contribution in [0.25, 0.3) is 0 Å². The van der Waals surface area contributed by atoms with Crippen molar-refractivity contribution in [2.75, 3.05) is 16.8 Å². The van der Waals surface area contributed by atoms with E-state index in [0.717, 1.165) is 17.8 Å². The molecule has 0 spiro atoms. The summed E-state index contributed by atoms with van der Waals surface area (Å²) in [5.74, 6) is 0.0471. The largest absolute Gasteiger partial charge is 0.326 e. The van der Waals surface area contributed by atoms with Gasteiger partial charge in [-0.15, -0.1) is 0 Å². The van der Waals surface area contributed by atoms with Gasteiger partial charge in [0.2, 0.25) is 11.8 Å². The van der Waals surface area contributed by atoms with Crippen LogP contribution in [0.4, 0.5) is 11.4 Å². The molecule has 2 aromatic carbocycles. The maximum Gasteiger partial charge on any atom is 0.229 e. The molecule has 2 amide bonds. The van der Waals surface area contributed by atoms with E-state index < -0.39 is 0 Å². The summed E-state index contributed by atoms with van der Waals surface area (Å²) >= 11 is 0. The van der Waals surface area contributed by atoms with E-state index in [9.17, 15) is 9.59 Å². The summed E-state index contributed by atoms with van der Waals surface area (Å²) in [6.07, 6.45) is 1.22. The molecule has 26 heavy (non-hydrogen) atoms. The third kappa shape index (κ3) is 3.96. The summed E-state index contributed by atoms with van der Waals surface area (Å²) in [7, 11) is 0. The van der Waals surface area contributed by atoms with E-state index in [2.05, 4.69) is 26.1 Å². The second kappa shape index (κ2) is 7.73. The zero-order valence-corrected chi connectivity index (χ0v) is 15.7. The van der Waals surface area contributed by atoms with Crippen molar-refractivity contribution in [2.24, 2.45) is 5.92 Å². The Kier molecular flexibility index (Phi) is 5.40. The number of hydrogen-bond donors (Lipinski definition) is 1. The molecule has 1 aliphatic heterocycles. The van der Waals surface area contributed by atoms with E-state index in [-0.39, 0.29) is 24.2 Å². The Labute approximate surface area is 155 Å². The quantitative estimate of drug-likeness (QED) is 0.871. The fourth-order valence-electron chi connectivity index (χ4n) is 3.24. The van der Waals surface area contributed by atoms with Gasteiger partial charge in [-0.2, -0.15) is 0 Å². The van der Waals surface area contributed by atoms with Crippen LogP contribution in [-0.2, 0) is 16.0 Å². The van der Waals surface area contributed by atoms with Crippen molar-refractivity contribution in [3.8, 4) is 0 Å². The van der Waals surface area contributed by atoms with Gasteiger partial charge in [0.05, 0.1) is 5.92 Å². The molecule has 4 heteroatoms. The first kappa shape index (κ1) is 18.2. The van der Waals surface area contributed by atoms with Gasteiger partial charge >= 0.3 is 0 Å². The van der Waals surface area contributed by atoms with Crippen LogP contribution >= 0.6 is 0 Å². The number of carbonyl (C=O) groups is 2. The van der Waals surface area contributed by atoms with Crippen molar-refractivity contribution >= 4 is 23.2 Å². The highest BCUT2D eigenvalue weighted by Crippen LogP contribution is 2.26. The average molecular weight is 350 g/mol. The summed E-state index contributed by atoms with van der Waals surface area (Å²) in [5.41, 5.74) is 4.11. The molecule has 136 valence electrons. The molecular weight excluding hydrogens is 324 g/mol. The fourth-order valence-corrected chi connectivity index (χ4v) is 3.24. The lowest BCUT2D eigenvalue weighted by Crippen LogP contribution is -2.28. The molecule has 1 aliphatic rings. The molecule has 1 fully saturated rings. The number of hydrogen-bond acceptors (Lipinski definition) is 2. The zero-order valence-electron chi connectivity index (χ0n) is 15.7. The molecule has 0 unspecified atom stereocenters. The van der Waals surface area contributed by atoms with Crippen molar-refractivity contribution in [1.29, 1.82) is 0 Å². The first-order valence-electron chi connectivity index (χ1n) is 9.28. The SMILES string of the molecule is CCc1ccc(N2C[C@@H](C(=O)Nc3ccc(C(C)C)cc3)CC2=O)cc1. The van der Waals surface area contributed by atoms with Crippen molar-refractivity contribution in [1.82, 2.24) is 0 Å². The van der Waals surface area contributed by atoms with Gasteiger partial charge in [0, 0.05) is 24.3 Å².